The van der Waals surface area contributed by atoms with Crippen LogP contribution in [0.25, 0.3) is 0 Å². The highest BCUT2D eigenvalue weighted by Crippen LogP contribution is 2.12. The maximum absolute atomic E-state index is 11.8. The molecule has 1 aromatic heterocycles. The number of sulfonamides is 1. The Morgan fingerprint density at radius 2 is 2.24 bits per heavy atom. The number of hydrogen-bond acceptors (Lipinski definition) is 3. The third kappa shape index (κ3) is 4.49. The van der Waals surface area contributed by atoms with Crippen LogP contribution in [0.3, 0.4) is 0 Å². The van der Waals surface area contributed by atoms with Gasteiger partial charge in [0.1, 0.15) is 0 Å². The van der Waals surface area contributed by atoms with Crippen molar-refractivity contribution in [1.29, 1.82) is 0 Å². The fraction of sp³-hybridized carbons (Fsp3) is 0.636. The molecule has 0 aliphatic rings. The fourth-order valence-corrected chi connectivity index (χ4v) is 2.82. The van der Waals surface area contributed by atoms with Gasteiger partial charge in [-0.25, -0.2) is 13.1 Å². The Kier molecular flexibility index (Phi) is 5.67. The lowest BCUT2D eigenvalue weighted by Gasteiger charge is -2.15. The number of aromatic amines is 1. The molecule has 0 saturated carbocycles. The van der Waals surface area contributed by atoms with Crippen LogP contribution in [-0.4, -0.2) is 31.7 Å². The molecule has 0 aliphatic carbocycles. The van der Waals surface area contributed by atoms with Gasteiger partial charge in [-0.1, -0.05) is 13.3 Å². The average molecular weight is 260 g/mol. The summed E-state index contributed by atoms with van der Waals surface area (Å²) in [4.78, 5) is 2.96. The summed E-state index contributed by atoms with van der Waals surface area (Å²) in [6.45, 7) is 2.52. The molecule has 3 N–H and O–H groups in total. The van der Waals surface area contributed by atoms with Gasteiger partial charge in [-0.2, -0.15) is 0 Å². The minimum atomic E-state index is -3.41. The SMILES string of the molecule is CCCC(CCO)CNS(=O)(=O)c1cc[nH]c1. The van der Waals surface area contributed by atoms with E-state index >= 15 is 0 Å². The number of H-pyrrole nitrogens is 1. The molecule has 0 spiro atoms. The van der Waals surface area contributed by atoms with Crippen LogP contribution in [0.15, 0.2) is 23.4 Å². The Hall–Kier alpha value is -0.850. The molecule has 17 heavy (non-hydrogen) atoms. The Balaban J connectivity index is 2.53. The van der Waals surface area contributed by atoms with Gasteiger partial charge in [0.05, 0.1) is 4.90 Å². The van der Waals surface area contributed by atoms with Gasteiger partial charge in [0, 0.05) is 25.5 Å². The van der Waals surface area contributed by atoms with Gasteiger partial charge in [-0.05, 0) is 24.8 Å². The summed E-state index contributed by atoms with van der Waals surface area (Å²) in [6, 6.07) is 1.52. The number of rotatable bonds is 8. The predicted octanol–water partition coefficient (Wildman–Crippen LogP) is 1.09. The largest absolute Gasteiger partial charge is 0.396 e. The Morgan fingerprint density at radius 1 is 1.47 bits per heavy atom. The molecule has 6 heteroatoms. The summed E-state index contributed by atoms with van der Waals surface area (Å²) in [5.74, 6) is 0.193. The number of hydrogen-bond donors (Lipinski definition) is 3. The third-order valence-corrected chi connectivity index (χ3v) is 4.10. The molecule has 1 heterocycles. The zero-order chi connectivity index (χ0) is 12.7. The zero-order valence-electron chi connectivity index (χ0n) is 10.0. The zero-order valence-corrected chi connectivity index (χ0v) is 10.8. The lowest BCUT2D eigenvalue weighted by molar-refractivity contribution is 0.251. The van der Waals surface area contributed by atoms with E-state index in [0.29, 0.717) is 13.0 Å². The summed E-state index contributed by atoms with van der Waals surface area (Å²) in [5.41, 5.74) is 0. The van der Waals surface area contributed by atoms with Crippen molar-refractivity contribution in [3.63, 3.8) is 0 Å². The molecule has 1 unspecified atom stereocenters. The van der Waals surface area contributed by atoms with Crippen molar-refractivity contribution in [2.75, 3.05) is 13.2 Å². The first-order chi connectivity index (χ1) is 8.10. The monoisotopic (exact) mass is 260 g/mol. The third-order valence-electron chi connectivity index (χ3n) is 2.68. The van der Waals surface area contributed by atoms with Gasteiger partial charge >= 0.3 is 0 Å². The van der Waals surface area contributed by atoms with Crippen molar-refractivity contribution in [2.24, 2.45) is 5.92 Å². The van der Waals surface area contributed by atoms with Crippen LogP contribution >= 0.6 is 0 Å². The Bertz CT molecular complexity index is 394. The number of nitrogens with one attached hydrogen (secondary N) is 2. The first-order valence-corrected chi connectivity index (χ1v) is 7.31. The minimum Gasteiger partial charge on any atom is -0.396 e. The van der Waals surface area contributed by atoms with Gasteiger partial charge in [0.15, 0.2) is 0 Å². The fourth-order valence-electron chi connectivity index (χ4n) is 1.73. The van der Waals surface area contributed by atoms with Gasteiger partial charge < -0.3 is 10.1 Å². The number of aromatic nitrogens is 1. The van der Waals surface area contributed by atoms with Crippen LogP contribution in [0.4, 0.5) is 0 Å². The van der Waals surface area contributed by atoms with E-state index in [-0.39, 0.29) is 17.4 Å². The van der Waals surface area contributed by atoms with E-state index in [1.165, 1.54) is 12.3 Å². The highest BCUT2D eigenvalue weighted by atomic mass is 32.2. The molecule has 0 bridgehead atoms. The molecule has 0 fully saturated rings. The van der Waals surface area contributed by atoms with Crippen molar-refractivity contribution in [1.82, 2.24) is 9.71 Å². The number of aliphatic hydroxyl groups is 1. The van der Waals surface area contributed by atoms with Crippen molar-refractivity contribution in [3.8, 4) is 0 Å². The molecular formula is C11H20N2O3S. The standard InChI is InChI=1S/C11H20N2O3S/c1-2-3-10(5-7-14)8-13-17(15,16)11-4-6-12-9-11/h4,6,9-10,12-14H,2-3,5,7-8H2,1H3. The highest BCUT2D eigenvalue weighted by Gasteiger charge is 2.16. The summed E-state index contributed by atoms with van der Waals surface area (Å²) in [6.07, 6.45) is 5.55. The Morgan fingerprint density at radius 3 is 2.76 bits per heavy atom. The molecular weight excluding hydrogens is 240 g/mol. The smallest absolute Gasteiger partial charge is 0.242 e. The topological polar surface area (TPSA) is 82.2 Å². The van der Waals surface area contributed by atoms with Crippen molar-refractivity contribution < 1.29 is 13.5 Å². The molecule has 98 valence electrons. The molecule has 5 nitrogen and oxygen atoms in total. The van der Waals surface area contributed by atoms with Crippen LogP contribution in [0, 0.1) is 5.92 Å². The van der Waals surface area contributed by atoms with Crippen molar-refractivity contribution in [3.05, 3.63) is 18.5 Å². The average Bonchev–Trinajstić information content (AvgIpc) is 2.81. The van der Waals surface area contributed by atoms with E-state index in [1.54, 1.807) is 6.20 Å². The molecule has 1 rings (SSSR count). The second-order valence-corrected chi connectivity index (χ2v) is 5.83. The lowest BCUT2D eigenvalue weighted by atomic mass is 10.0. The van der Waals surface area contributed by atoms with Gasteiger partial charge in [0.2, 0.25) is 10.0 Å². The van der Waals surface area contributed by atoms with Gasteiger partial charge in [-0.3, -0.25) is 0 Å². The molecule has 0 aromatic carbocycles. The van der Waals surface area contributed by atoms with Crippen LogP contribution in [0.5, 0.6) is 0 Å². The van der Waals surface area contributed by atoms with E-state index in [4.69, 9.17) is 5.11 Å². The van der Waals surface area contributed by atoms with E-state index in [9.17, 15) is 8.42 Å². The van der Waals surface area contributed by atoms with E-state index < -0.39 is 10.0 Å². The molecule has 0 radical (unpaired) electrons. The number of aliphatic hydroxyl groups excluding tert-OH is 1. The maximum atomic E-state index is 11.8. The van der Waals surface area contributed by atoms with Gasteiger partial charge in [-0.15, -0.1) is 0 Å². The Labute approximate surface area is 102 Å². The summed E-state index contributed by atoms with van der Waals surface area (Å²) in [5, 5.41) is 8.89. The van der Waals surface area contributed by atoms with E-state index in [0.717, 1.165) is 12.8 Å². The molecule has 0 aliphatic heterocycles. The summed E-state index contributed by atoms with van der Waals surface area (Å²) in [7, 11) is -3.41. The normalized spacial score (nSPS) is 13.8. The van der Waals surface area contributed by atoms with Gasteiger partial charge in [0.25, 0.3) is 0 Å². The van der Waals surface area contributed by atoms with Crippen LogP contribution in [0.2, 0.25) is 0 Å². The summed E-state index contributed by atoms with van der Waals surface area (Å²) < 4.78 is 26.2. The van der Waals surface area contributed by atoms with Crippen molar-refractivity contribution in [2.45, 2.75) is 31.1 Å². The van der Waals surface area contributed by atoms with Crippen LogP contribution in [-0.2, 0) is 10.0 Å². The quantitative estimate of drug-likeness (QED) is 0.654. The van der Waals surface area contributed by atoms with E-state index in [2.05, 4.69) is 9.71 Å². The first-order valence-electron chi connectivity index (χ1n) is 5.83. The predicted molar refractivity (Wildman–Crippen MR) is 66.1 cm³/mol. The van der Waals surface area contributed by atoms with Crippen LogP contribution in [0.1, 0.15) is 26.2 Å². The second-order valence-electron chi connectivity index (χ2n) is 4.07. The highest BCUT2D eigenvalue weighted by molar-refractivity contribution is 7.89. The minimum absolute atomic E-state index is 0.0938. The summed E-state index contributed by atoms with van der Waals surface area (Å²) >= 11 is 0. The first kappa shape index (κ1) is 14.2. The second kappa shape index (κ2) is 6.78. The molecule has 0 saturated heterocycles. The van der Waals surface area contributed by atoms with Crippen LogP contribution < -0.4 is 4.72 Å². The van der Waals surface area contributed by atoms with Crippen molar-refractivity contribution >= 4 is 10.0 Å². The maximum Gasteiger partial charge on any atom is 0.242 e. The molecule has 1 aromatic rings. The van der Waals surface area contributed by atoms with E-state index in [1.807, 2.05) is 6.92 Å². The molecule has 1 atom stereocenters. The molecule has 0 amide bonds. The lowest BCUT2D eigenvalue weighted by Crippen LogP contribution is -2.29.